The Balaban J connectivity index is 1.64. The number of anilines is 1. The zero-order valence-corrected chi connectivity index (χ0v) is 15.7. The van der Waals surface area contributed by atoms with Gasteiger partial charge in [0.15, 0.2) is 5.16 Å². The smallest absolute Gasteiger partial charge is 0.262 e. The normalized spacial score (nSPS) is 11.0. The van der Waals surface area contributed by atoms with Gasteiger partial charge in [0.1, 0.15) is 11.1 Å². The lowest BCUT2D eigenvalue weighted by Gasteiger charge is -2.07. The third kappa shape index (κ3) is 2.97. The standard InChI is InChI=1S/C17H12N6O2S2/c1-22-15(25)11-4-2-3-5-12(11)23-16(22)20-21-17(23)27-9-13(24)19-14-10(8-18)6-7-26-14/h2-7H,9H2,1H3,(H,19,24). The fourth-order valence-corrected chi connectivity index (χ4v) is 4.19. The van der Waals surface area contributed by atoms with Gasteiger partial charge in [-0.15, -0.1) is 21.5 Å². The molecule has 1 N–H and O–H groups in total. The van der Waals surface area contributed by atoms with Crippen molar-refractivity contribution in [1.29, 1.82) is 5.26 Å². The van der Waals surface area contributed by atoms with E-state index in [0.29, 0.717) is 32.4 Å². The van der Waals surface area contributed by atoms with Crippen LogP contribution in [-0.2, 0) is 11.8 Å². The second kappa shape index (κ2) is 6.86. The monoisotopic (exact) mass is 396 g/mol. The summed E-state index contributed by atoms with van der Waals surface area (Å²) < 4.78 is 3.20. The average molecular weight is 396 g/mol. The Morgan fingerprint density at radius 2 is 2.15 bits per heavy atom. The predicted octanol–water partition coefficient (Wildman–Crippen LogP) is 2.25. The van der Waals surface area contributed by atoms with Crippen LogP contribution in [0.5, 0.6) is 0 Å². The number of benzene rings is 1. The molecule has 1 amide bonds. The molecule has 3 aromatic heterocycles. The fourth-order valence-electron chi connectivity index (χ4n) is 2.69. The number of fused-ring (bicyclic) bond motifs is 3. The summed E-state index contributed by atoms with van der Waals surface area (Å²) in [5, 5.41) is 23.3. The Bertz CT molecular complexity index is 1280. The molecule has 0 aliphatic heterocycles. The molecule has 0 aliphatic rings. The van der Waals surface area contributed by atoms with Crippen LogP contribution >= 0.6 is 23.1 Å². The maximum atomic E-state index is 12.4. The van der Waals surface area contributed by atoms with Gasteiger partial charge in [0.05, 0.1) is 22.2 Å². The Hall–Kier alpha value is -3.16. The minimum absolute atomic E-state index is 0.0979. The summed E-state index contributed by atoms with van der Waals surface area (Å²) in [5.74, 6) is 0.261. The van der Waals surface area contributed by atoms with E-state index in [1.165, 1.54) is 27.7 Å². The first-order valence-electron chi connectivity index (χ1n) is 7.83. The molecular weight excluding hydrogens is 384 g/mol. The molecule has 0 atom stereocenters. The van der Waals surface area contributed by atoms with Crippen molar-refractivity contribution in [3.05, 3.63) is 51.6 Å². The molecule has 4 rings (SSSR count). The summed E-state index contributed by atoms with van der Waals surface area (Å²) in [7, 11) is 1.64. The van der Waals surface area contributed by atoms with Crippen LogP contribution in [0.4, 0.5) is 5.00 Å². The molecule has 0 aliphatic carbocycles. The van der Waals surface area contributed by atoms with Crippen LogP contribution in [0.1, 0.15) is 5.56 Å². The van der Waals surface area contributed by atoms with E-state index in [0.717, 1.165) is 0 Å². The van der Waals surface area contributed by atoms with Crippen molar-refractivity contribution in [2.45, 2.75) is 5.16 Å². The topological polar surface area (TPSA) is 105 Å². The van der Waals surface area contributed by atoms with Crippen LogP contribution < -0.4 is 10.9 Å². The SMILES string of the molecule is Cn1c(=O)c2ccccc2n2c(SCC(=O)Nc3sccc3C#N)nnc12. The number of carbonyl (C=O) groups excluding carboxylic acids is 1. The number of hydrogen-bond acceptors (Lipinski definition) is 7. The van der Waals surface area contributed by atoms with Gasteiger partial charge in [-0.05, 0) is 23.6 Å². The molecule has 10 heteroatoms. The van der Waals surface area contributed by atoms with E-state index in [2.05, 4.69) is 15.5 Å². The van der Waals surface area contributed by atoms with Crippen molar-refractivity contribution in [3.63, 3.8) is 0 Å². The van der Waals surface area contributed by atoms with Gasteiger partial charge >= 0.3 is 0 Å². The van der Waals surface area contributed by atoms with Crippen molar-refractivity contribution < 1.29 is 4.79 Å². The second-order valence-corrected chi connectivity index (χ2v) is 7.47. The predicted molar refractivity (Wildman–Crippen MR) is 104 cm³/mol. The van der Waals surface area contributed by atoms with Crippen molar-refractivity contribution in [3.8, 4) is 6.07 Å². The van der Waals surface area contributed by atoms with Gasteiger partial charge in [0, 0.05) is 7.05 Å². The van der Waals surface area contributed by atoms with E-state index in [9.17, 15) is 9.59 Å². The molecule has 3 heterocycles. The molecule has 27 heavy (non-hydrogen) atoms. The van der Waals surface area contributed by atoms with Gasteiger partial charge < -0.3 is 5.32 Å². The number of amides is 1. The van der Waals surface area contributed by atoms with Crippen molar-refractivity contribution in [1.82, 2.24) is 19.2 Å². The number of nitriles is 1. The van der Waals surface area contributed by atoms with Crippen LogP contribution in [0.25, 0.3) is 16.7 Å². The lowest BCUT2D eigenvalue weighted by molar-refractivity contribution is -0.113. The van der Waals surface area contributed by atoms with E-state index in [1.54, 1.807) is 35.0 Å². The maximum absolute atomic E-state index is 12.4. The Kier molecular flexibility index (Phi) is 4.39. The van der Waals surface area contributed by atoms with Crippen LogP contribution in [0.3, 0.4) is 0 Å². The highest BCUT2D eigenvalue weighted by atomic mass is 32.2. The highest BCUT2D eigenvalue weighted by Gasteiger charge is 2.16. The number of rotatable bonds is 4. The molecule has 0 spiro atoms. The molecule has 4 aromatic rings. The zero-order chi connectivity index (χ0) is 19.0. The van der Waals surface area contributed by atoms with Crippen LogP contribution in [-0.4, -0.2) is 30.8 Å². The number of aryl methyl sites for hydroxylation is 1. The maximum Gasteiger partial charge on any atom is 0.262 e. The minimum Gasteiger partial charge on any atom is -0.316 e. The summed E-state index contributed by atoms with van der Waals surface area (Å²) in [4.78, 5) is 24.7. The first-order chi connectivity index (χ1) is 13.1. The first-order valence-corrected chi connectivity index (χ1v) is 9.70. The lowest BCUT2D eigenvalue weighted by atomic mass is 10.2. The zero-order valence-electron chi connectivity index (χ0n) is 14.0. The molecule has 0 bridgehead atoms. The lowest BCUT2D eigenvalue weighted by Crippen LogP contribution is -2.20. The van der Waals surface area contributed by atoms with E-state index < -0.39 is 0 Å². The molecule has 0 saturated heterocycles. The van der Waals surface area contributed by atoms with Gasteiger partial charge in [0.25, 0.3) is 5.56 Å². The van der Waals surface area contributed by atoms with Crippen LogP contribution in [0, 0.1) is 11.3 Å². The van der Waals surface area contributed by atoms with Crippen molar-refractivity contribution in [2.24, 2.45) is 7.05 Å². The van der Waals surface area contributed by atoms with Gasteiger partial charge in [-0.2, -0.15) is 5.26 Å². The number of carbonyl (C=O) groups is 1. The van der Waals surface area contributed by atoms with Crippen LogP contribution in [0.15, 0.2) is 45.7 Å². The summed E-state index contributed by atoms with van der Waals surface area (Å²) in [6.07, 6.45) is 0. The summed E-state index contributed by atoms with van der Waals surface area (Å²) >= 11 is 2.51. The van der Waals surface area contributed by atoms with E-state index >= 15 is 0 Å². The quantitative estimate of drug-likeness (QED) is 0.531. The summed E-state index contributed by atoms with van der Waals surface area (Å²) in [6, 6.07) is 10.9. The molecule has 134 valence electrons. The van der Waals surface area contributed by atoms with Gasteiger partial charge in [-0.25, -0.2) is 0 Å². The molecule has 0 radical (unpaired) electrons. The first kappa shape index (κ1) is 17.3. The number of aromatic nitrogens is 4. The minimum atomic E-state index is -0.246. The van der Waals surface area contributed by atoms with Crippen molar-refractivity contribution >= 4 is 50.7 Å². The fraction of sp³-hybridized carbons (Fsp3) is 0.118. The molecule has 0 unspecified atom stereocenters. The van der Waals surface area contributed by atoms with Crippen molar-refractivity contribution in [2.75, 3.05) is 11.1 Å². The Labute approximate surface area is 161 Å². The number of nitrogens with zero attached hydrogens (tertiary/aromatic N) is 5. The largest absolute Gasteiger partial charge is 0.316 e. The van der Waals surface area contributed by atoms with Gasteiger partial charge in [-0.3, -0.25) is 18.6 Å². The highest BCUT2D eigenvalue weighted by Crippen LogP contribution is 2.24. The molecular formula is C17H12N6O2S2. The Morgan fingerprint density at radius 1 is 1.33 bits per heavy atom. The third-order valence-electron chi connectivity index (χ3n) is 3.97. The highest BCUT2D eigenvalue weighted by molar-refractivity contribution is 7.99. The number of hydrogen-bond donors (Lipinski definition) is 1. The molecule has 1 aromatic carbocycles. The number of thioether (sulfide) groups is 1. The van der Waals surface area contributed by atoms with Gasteiger partial charge in [-0.1, -0.05) is 23.9 Å². The summed E-state index contributed by atoms with van der Waals surface area (Å²) in [5.41, 5.74) is 0.974. The van der Waals surface area contributed by atoms with E-state index in [4.69, 9.17) is 5.26 Å². The molecule has 0 saturated carbocycles. The Morgan fingerprint density at radius 3 is 2.96 bits per heavy atom. The van der Waals surface area contributed by atoms with E-state index in [1.807, 2.05) is 18.2 Å². The second-order valence-electron chi connectivity index (χ2n) is 5.61. The van der Waals surface area contributed by atoms with E-state index in [-0.39, 0.29) is 17.2 Å². The van der Waals surface area contributed by atoms with Crippen LogP contribution in [0.2, 0.25) is 0 Å². The number of thiophene rings is 1. The van der Waals surface area contributed by atoms with Gasteiger partial charge in [0.2, 0.25) is 11.7 Å². The molecule has 8 nitrogen and oxygen atoms in total. The number of para-hydroxylation sites is 1. The molecule has 0 fully saturated rings. The summed E-state index contributed by atoms with van der Waals surface area (Å²) in [6.45, 7) is 0. The third-order valence-corrected chi connectivity index (χ3v) is 5.73. The number of nitrogens with one attached hydrogen (secondary N) is 1. The average Bonchev–Trinajstić information content (AvgIpc) is 3.31.